The van der Waals surface area contributed by atoms with Crippen molar-refractivity contribution in [2.24, 2.45) is 17.6 Å². The van der Waals surface area contributed by atoms with Crippen molar-refractivity contribution >= 4 is 19.8 Å². The van der Waals surface area contributed by atoms with Gasteiger partial charge in [0.15, 0.2) is 6.10 Å². The van der Waals surface area contributed by atoms with Crippen molar-refractivity contribution < 1.29 is 52.9 Å². The van der Waals surface area contributed by atoms with Crippen molar-refractivity contribution in [1.82, 2.24) is 0 Å². The molecule has 0 radical (unpaired) electrons. The predicted octanol–water partition coefficient (Wildman–Crippen LogP) is 8.65. The number of unbranched alkanes of at least 4 members (excludes halogenated alkanes) is 6. The first kappa shape index (κ1) is 53.3. The molecule has 1 aliphatic carbocycles. The molecule has 0 aromatic heterocycles. The van der Waals surface area contributed by atoms with E-state index in [1.807, 2.05) is 18.2 Å². The van der Waals surface area contributed by atoms with Gasteiger partial charge in [0, 0.05) is 31.7 Å². The Bertz CT molecular complexity index is 1300. The summed E-state index contributed by atoms with van der Waals surface area (Å²) in [7, 11) is -4.46. The highest BCUT2D eigenvalue weighted by atomic mass is 31.2. The van der Waals surface area contributed by atoms with Crippen LogP contribution < -0.4 is 5.73 Å². The van der Waals surface area contributed by atoms with E-state index in [0.29, 0.717) is 38.5 Å². The molecule has 0 saturated heterocycles. The standard InChI is InChI=1S/C45H76NO11P/c1-3-5-7-8-9-10-11-12-13-14-15-16-17-18-19-20-25-29-44(50)54-36-39(37-56-58(52,53)55-34-33-46)57-45(51)30-26-22-21-24-28-40-41(43(49)35-42(40)48)32-31-38(47)27-23-6-4-2/h5,7,9-10,12-13,15-16,18-19,31-32,38-43,47-49H,3-4,6,8,11,14,17,20-30,33-37,46H2,1-2H3,(H,52,53)/b7-5-,10-9-,13-12-,16-15-,19-18-,32-31+/t38-,39+,40+,41+,42-,43+/m0/s1. The Labute approximate surface area is 348 Å². The minimum atomic E-state index is -4.46. The van der Waals surface area contributed by atoms with E-state index < -0.39 is 50.8 Å². The lowest BCUT2D eigenvalue weighted by Gasteiger charge is -2.21. The molecule has 0 amide bonds. The molecule has 1 fully saturated rings. The van der Waals surface area contributed by atoms with Gasteiger partial charge in [-0.2, -0.15) is 0 Å². The Kier molecular flexibility index (Phi) is 32.3. The number of hydrogen-bond donors (Lipinski definition) is 5. The lowest BCUT2D eigenvalue weighted by molar-refractivity contribution is -0.161. The third kappa shape index (κ3) is 28.7. The van der Waals surface area contributed by atoms with Crippen LogP contribution in [0.15, 0.2) is 72.9 Å². The minimum absolute atomic E-state index is 0.00765. The number of rotatable bonds is 35. The van der Waals surface area contributed by atoms with Crippen molar-refractivity contribution in [2.75, 3.05) is 26.4 Å². The second-order valence-electron chi connectivity index (χ2n) is 14.8. The van der Waals surface area contributed by atoms with E-state index in [1.54, 1.807) is 6.08 Å². The summed E-state index contributed by atoms with van der Waals surface area (Å²) in [4.78, 5) is 35.1. The van der Waals surface area contributed by atoms with Gasteiger partial charge in [-0.3, -0.25) is 18.6 Å². The normalized spacial score (nSPS) is 21.0. The van der Waals surface area contributed by atoms with Crippen molar-refractivity contribution in [3.63, 3.8) is 0 Å². The van der Waals surface area contributed by atoms with Gasteiger partial charge in [0.1, 0.15) is 6.61 Å². The van der Waals surface area contributed by atoms with Gasteiger partial charge in [-0.15, -0.1) is 0 Å². The number of nitrogens with two attached hydrogens (primary N) is 1. The van der Waals surface area contributed by atoms with E-state index in [0.717, 1.165) is 70.6 Å². The van der Waals surface area contributed by atoms with Gasteiger partial charge in [-0.1, -0.05) is 125 Å². The van der Waals surface area contributed by atoms with Gasteiger partial charge in [0.2, 0.25) is 0 Å². The SMILES string of the molecule is CC/C=C\C/C=C\C/C=C\C/C=C\C/C=C\CCCC(=O)OC[C@H](COP(=O)(O)OCCN)OC(=O)CCCCCC[C@@H]1[C@@H](/C=C/[C@@H](O)CCCCC)[C@H](O)C[C@@H]1O. The predicted molar refractivity (Wildman–Crippen MR) is 231 cm³/mol. The number of ether oxygens (including phenoxy) is 2. The third-order valence-corrected chi connectivity index (χ3v) is 10.7. The Balaban J connectivity index is 2.43. The molecule has 0 aliphatic heterocycles. The van der Waals surface area contributed by atoms with Gasteiger partial charge in [0.25, 0.3) is 0 Å². The number of carbonyl (C=O) groups excluding carboxylic acids is 2. The summed E-state index contributed by atoms with van der Waals surface area (Å²) < 4.78 is 32.7. The second-order valence-corrected chi connectivity index (χ2v) is 16.2. The van der Waals surface area contributed by atoms with Crippen LogP contribution in [-0.2, 0) is 32.7 Å². The maximum absolute atomic E-state index is 12.7. The lowest BCUT2D eigenvalue weighted by atomic mass is 9.88. The van der Waals surface area contributed by atoms with Crippen molar-refractivity contribution in [3.05, 3.63) is 72.9 Å². The highest BCUT2D eigenvalue weighted by molar-refractivity contribution is 7.47. The average molecular weight is 838 g/mol. The molecule has 0 bridgehead atoms. The van der Waals surface area contributed by atoms with E-state index in [1.165, 1.54) is 0 Å². The number of carbonyl (C=O) groups is 2. The molecule has 0 aromatic carbocycles. The van der Waals surface area contributed by atoms with Crippen LogP contribution in [0.5, 0.6) is 0 Å². The van der Waals surface area contributed by atoms with Crippen molar-refractivity contribution in [1.29, 1.82) is 0 Å². The summed E-state index contributed by atoms with van der Waals surface area (Å²) in [5.41, 5.74) is 5.34. The zero-order valence-corrected chi connectivity index (χ0v) is 36.2. The summed E-state index contributed by atoms with van der Waals surface area (Å²) in [5, 5.41) is 31.4. The maximum atomic E-state index is 12.7. The number of allylic oxidation sites excluding steroid dienone is 10. The first-order valence-electron chi connectivity index (χ1n) is 21.7. The summed E-state index contributed by atoms with van der Waals surface area (Å²) in [5.74, 6) is -1.36. The van der Waals surface area contributed by atoms with Crippen LogP contribution >= 0.6 is 7.82 Å². The highest BCUT2D eigenvalue weighted by Gasteiger charge is 2.39. The molecule has 332 valence electrons. The zero-order valence-electron chi connectivity index (χ0n) is 35.3. The lowest BCUT2D eigenvalue weighted by Crippen LogP contribution is -2.29. The fraction of sp³-hybridized carbons (Fsp3) is 0.689. The smallest absolute Gasteiger partial charge is 0.462 e. The van der Waals surface area contributed by atoms with Crippen LogP contribution in [0.25, 0.3) is 0 Å². The fourth-order valence-electron chi connectivity index (χ4n) is 6.47. The van der Waals surface area contributed by atoms with E-state index >= 15 is 0 Å². The molecular weight excluding hydrogens is 761 g/mol. The van der Waals surface area contributed by atoms with Gasteiger partial charge in [0.05, 0.1) is 31.5 Å². The van der Waals surface area contributed by atoms with Crippen molar-refractivity contribution in [3.8, 4) is 0 Å². The van der Waals surface area contributed by atoms with Gasteiger partial charge < -0.3 is 35.4 Å². The largest absolute Gasteiger partial charge is 0.472 e. The van der Waals surface area contributed by atoms with Gasteiger partial charge >= 0.3 is 19.8 Å². The molecule has 1 aliphatic rings. The molecular formula is C45H76NO11P. The first-order valence-corrected chi connectivity index (χ1v) is 23.2. The van der Waals surface area contributed by atoms with E-state index in [2.05, 4.69) is 62.5 Å². The minimum Gasteiger partial charge on any atom is -0.462 e. The molecule has 1 rings (SSSR count). The van der Waals surface area contributed by atoms with Crippen molar-refractivity contribution in [2.45, 2.75) is 160 Å². The van der Waals surface area contributed by atoms with E-state index in [-0.39, 0.29) is 44.4 Å². The van der Waals surface area contributed by atoms with E-state index in [9.17, 15) is 34.4 Å². The third-order valence-electron chi connectivity index (χ3n) is 9.68. The molecule has 1 saturated carbocycles. The Hall–Kier alpha value is -2.67. The molecule has 0 spiro atoms. The second kappa shape index (κ2) is 35.1. The number of hydrogen-bond acceptors (Lipinski definition) is 11. The molecule has 0 heterocycles. The summed E-state index contributed by atoms with van der Waals surface area (Å²) in [6, 6.07) is 0. The topological polar surface area (TPSA) is 195 Å². The number of phosphoric ester groups is 1. The number of esters is 2. The van der Waals surface area contributed by atoms with Crippen LogP contribution in [0.2, 0.25) is 0 Å². The monoisotopic (exact) mass is 838 g/mol. The Morgan fingerprint density at radius 2 is 1.38 bits per heavy atom. The average Bonchev–Trinajstić information content (AvgIpc) is 3.47. The van der Waals surface area contributed by atoms with E-state index in [4.69, 9.17) is 24.3 Å². The maximum Gasteiger partial charge on any atom is 0.472 e. The van der Waals surface area contributed by atoms with Crippen LogP contribution in [0.3, 0.4) is 0 Å². The molecule has 6 N–H and O–H groups in total. The Morgan fingerprint density at radius 3 is 2.02 bits per heavy atom. The molecule has 58 heavy (non-hydrogen) atoms. The molecule has 1 unspecified atom stereocenters. The molecule has 0 aromatic rings. The van der Waals surface area contributed by atoms with Crippen LogP contribution in [0, 0.1) is 11.8 Å². The zero-order chi connectivity index (χ0) is 42.7. The number of aliphatic hydroxyl groups is 3. The fourth-order valence-corrected chi connectivity index (χ4v) is 7.24. The van der Waals surface area contributed by atoms with Gasteiger partial charge in [-0.05, 0) is 70.1 Å². The summed E-state index contributed by atoms with van der Waals surface area (Å²) in [6.07, 6.45) is 35.8. The Morgan fingerprint density at radius 1 is 0.759 bits per heavy atom. The molecule has 13 heteroatoms. The van der Waals surface area contributed by atoms with Crippen LogP contribution in [0.4, 0.5) is 0 Å². The van der Waals surface area contributed by atoms with Gasteiger partial charge in [-0.25, -0.2) is 4.57 Å². The summed E-state index contributed by atoms with van der Waals surface area (Å²) >= 11 is 0. The quantitative estimate of drug-likeness (QED) is 0.0177. The molecule has 12 nitrogen and oxygen atoms in total. The number of phosphoric acid groups is 1. The van der Waals surface area contributed by atoms with Crippen LogP contribution in [0.1, 0.15) is 136 Å². The summed E-state index contributed by atoms with van der Waals surface area (Å²) in [6.45, 7) is 3.18. The molecule has 7 atom stereocenters. The number of aliphatic hydroxyl groups excluding tert-OH is 3. The van der Waals surface area contributed by atoms with Crippen LogP contribution in [-0.4, -0.2) is 82.9 Å². The first-order chi connectivity index (χ1) is 28.0. The highest BCUT2D eigenvalue weighted by Crippen LogP contribution is 2.43.